The molecule has 2 aromatic rings. The molecule has 2 N–H and O–H groups in total. The first-order valence-electron chi connectivity index (χ1n) is 11.6. The van der Waals surface area contributed by atoms with E-state index in [-0.39, 0.29) is 45.6 Å². The number of piperidine rings is 1. The normalized spacial score (nSPS) is 25.5. The van der Waals surface area contributed by atoms with Gasteiger partial charge in [0.15, 0.2) is 11.7 Å². The van der Waals surface area contributed by atoms with E-state index in [1.165, 1.54) is 5.38 Å². The van der Waals surface area contributed by atoms with Gasteiger partial charge in [-0.15, -0.1) is 15.7 Å². The third-order valence-corrected chi connectivity index (χ3v) is 10.0. The molecule has 192 valence electrons. The topological polar surface area (TPSA) is 142 Å². The van der Waals surface area contributed by atoms with Crippen LogP contribution in [0.15, 0.2) is 45.0 Å². The number of carbonyl (C=O) groups excluding carboxylic acids is 2. The summed E-state index contributed by atoms with van der Waals surface area (Å²) < 4.78 is 55.5. The van der Waals surface area contributed by atoms with Crippen molar-refractivity contribution >= 4 is 53.9 Å². The Labute approximate surface area is 213 Å². The zero-order valence-electron chi connectivity index (χ0n) is 19.5. The fourth-order valence-electron chi connectivity index (χ4n) is 5.23. The van der Waals surface area contributed by atoms with Crippen LogP contribution in [0, 0.1) is 11.8 Å². The molecule has 1 unspecified atom stereocenters. The largest absolute Gasteiger partial charge is 0.334 e. The standard InChI is InChI=1S/C23H26N4O6S3/c1-35(30,31)24-11-15-13-34-22-20(15)36(32,33)26-21(25-22)18-19(28)16-9-5-6-10-17(16)27(23(18)29)12-14-7-3-2-4-8-14/h2-4,7-8,13,16-18,24H,5-6,9-12H2,1H3,(H,25,26)/t16-,17+,18?/m0/s1. The number of nitrogens with one attached hydrogen (secondary N) is 2. The molecule has 13 heteroatoms. The number of hydrogen-bond donors (Lipinski definition) is 2. The number of anilines is 1. The molecular weight excluding hydrogens is 524 g/mol. The number of thiophene rings is 1. The Bertz CT molecular complexity index is 1450. The molecule has 3 atom stereocenters. The van der Waals surface area contributed by atoms with Crippen molar-refractivity contribution in [2.45, 2.75) is 49.7 Å². The number of sulfonamides is 2. The van der Waals surface area contributed by atoms with E-state index in [9.17, 15) is 26.4 Å². The van der Waals surface area contributed by atoms with Crippen molar-refractivity contribution in [3.8, 4) is 0 Å². The number of benzene rings is 1. The van der Waals surface area contributed by atoms with Gasteiger partial charge >= 0.3 is 0 Å². The number of ketones is 1. The second kappa shape index (κ2) is 9.36. The Morgan fingerprint density at radius 3 is 2.61 bits per heavy atom. The summed E-state index contributed by atoms with van der Waals surface area (Å²) in [6, 6.07) is 9.28. The molecule has 3 heterocycles. The summed E-state index contributed by atoms with van der Waals surface area (Å²) in [7, 11) is -7.81. The van der Waals surface area contributed by atoms with Gasteiger partial charge < -0.3 is 10.2 Å². The van der Waals surface area contributed by atoms with Gasteiger partial charge in [0, 0.05) is 30.6 Å². The van der Waals surface area contributed by atoms with Gasteiger partial charge in [-0.3, -0.25) is 9.59 Å². The predicted octanol–water partition coefficient (Wildman–Crippen LogP) is 2.10. The average Bonchev–Trinajstić information content (AvgIpc) is 3.25. The zero-order valence-corrected chi connectivity index (χ0v) is 22.0. The van der Waals surface area contributed by atoms with Crippen LogP contribution in [0.5, 0.6) is 0 Å². The van der Waals surface area contributed by atoms with Crippen LogP contribution >= 0.6 is 11.3 Å². The predicted molar refractivity (Wildman–Crippen MR) is 135 cm³/mol. The Hall–Kier alpha value is -2.61. The molecule has 36 heavy (non-hydrogen) atoms. The molecule has 1 aromatic heterocycles. The highest BCUT2D eigenvalue weighted by Crippen LogP contribution is 2.41. The number of amides is 1. The van der Waals surface area contributed by atoms with Crippen LogP contribution in [0.1, 0.15) is 36.8 Å². The number of amidine groups is 1. The molecule has 0 radical (unpaired) electrons. The van der Waals surface area contributed by atoms with Crippen LogP contribution in [-0.4, -0.2) is 51.6 Å². The summed E-state index contributed by atoms with van der Waals surface area (Å²) in [6.45, 7) is 0.114. The number of fused-ring (bicyclic) bond motifs is 2. The van der Waals surface area contributed by atoms with Crippen molar-refractivity contribution in [3.63, 3.8) is 0 Å². The molecule has 3 aliphatic rings. The molecule has 1 saturated carbocycles. The van der Waals surface area contributed by atoms with Crippen LogP contribution in [0.2, 0.25) is 0 Å². The lowest BCUT2D eigenvalue weighted by Gasteiger charge is -2.46. The highest BCUT2D eigenvalue weighted by atomic mass is 32.2. The van der Waals surface area contributed by atoms with E-state index in [0.717, 1.165) is 42.4 Å². The Kier molecular flexibility index (Phi) is 6.52. The highest BCUT2D eigenvalue weighted by molar-refractivity contribution is 7.91. The molecule has 0 spiro atoms. The van der Waals surface area contributed by atoms with E-state index in [4.69, 9.17) is 0 Å². The number of hydrogen-bond acceptors (Lipinski definition) is 8. The van der Waals surface area contributed by atoms with Gasteiger partial charge in [-0.05, 0) is 23.8 Å². The second-order valence-corrected chi connectivity index (χ2v) is 13.6. The van der Waals surface area contributed by atoms with Crippen molar-refractivity contribution in [2.24, 2.45) is 16.2 Å². The van der Waals surface area contributed by atoms with Crippen molar-refractivity contribution < 1.29 is 26.4 Å². The van der Waals surface area contributed by atoms with Gasteiger partial charge in [0.1, 0.15) is 15.7 Å². The van der Waals surface area contributed by atoms with Gasteiger partial charge in [-0.2, -0.15) is 8.42 Å². The third kappa shape index (κ3) is 4.72. The van der Waals surface area contributed by atoms with Gasteiger partial charge in [0.05, 0.1) is 6.26 Å². The monoisotopic (exact) mass is 550 g/mol. The van der Waals surface area contributed by atoms with E-state index in [2.05, 4.69) is 14.4 Å². The smallest absolute Gasteiger partial charge is 0.287 e. The van der Waals surface area contributed by atoms with E-state index in [1.807, 2.05) is 30.3 Å². The molecule has 1 saturated heterocycles. The summed E-state index contributed by atoms with van der Waals surface area (Å²) in [5.41, 5.74) is 1.17. The van der Waals surface area contributed by atoms with E-state index >= 15 is 0 Å². The molecule has 1 amide bonds. The molecule has 1 aliphatic carbocycles. The summed E-state index contributed by atoms with van der Waals surface area (Å²) in [4.78, 5) is 28.9. The van der Waals surface area contributed by atoms with Crippen molar-refractivity contribution in [2.75, 3.05) is 11.6 Å². The van der Waals surface area contributed by atoms with Crippen LogP contribution in [-0.2, 0) is 42.7 Å². The zero-order chi connectivity index (χ0) is 25.7. The van der Waals surface area contributed by atoms with Crippen LogP contribution < -0.4 is 10.0 Å². The van der Waals surface area contributed by atoms with E-state index < -0.39 is 31.9 Å². The molecular formula is C23H26N4O6S3. The fraction of sp³-hybridized carbons (Fsp3) is 0.435. The summed E-state index contributed by atoms with van der Waals surface area (Å²) in [6.07, 6.45) is 4.15. The van der Waals surface area contributed by atoms with Gasteiger partial charge in [0.25, 0.3) is 10.0 Å². The number of Topliss-reactive ketones (excluding diaryl/α,β-unsaturated/α-hetero) is 1. The first kappa shape index (κ1) is 25.1. The molecule has 2 fully saturated rings. The minimum atomic E-state index is -4.27. The minimum absolute atomic E-state index is 0.139. The highest BCUT2D eigenvalue weighted by Gasteiger charge is 2.51. The average molecular weight is 551 g/mol. The molecule has 1 aromatic carbocycles. The third-order valence-electron chi connectivity index (χ3n) is 6.84. The molecule has 10 nitrogen and oxygen atoms in total. The minimum Gasteiger partial charge on any atom is -0.334 e. The Morgan fingerprint density at radius 2 is 1.89 bits per heavy atom. The molecule has 5 rings (SSSR count). The molecule has 0 bridgehead atoms. The summed E-state index contributed by atoms with van der Waals surface area (Å²) in [5, 5.41) is 4.66. The fourth-order valence-corrected chi connectivity index (χ4v) is 8.29. The Balaban J connectivity index is 1.49. The maximum atomic E-state index is 13.8. The van der Waals surface area contributed by atoms with Crippen molar-refractivity contribution in [1.29, 1.82) is 0 Å². The lowest BCUT2D eigenvalue weighted by molar-refractivity contribution is -0.152. The van der Waals surface area contributed by atoms with Crippen LogP contribution in [0.4, 0.5) is 5.00 Å². The maximum absolute atomic E-state index is 13.8. The van der Waals surface area contributed by atoms with Crippen LogP contribution in [0.3, 0.4) is 0 Å². The SMILES string of the molecule is CS(=O)(=O)NCc1csc2c1S(=O)(=O)N=C(C1C(=O)[C@H]3CCCC[C@H]3N(Cc3ccccc3)C1=O)N2. The number of nitrogens with zero attached hydrogens (tertiary/aromatic N) is 2. The quantitative estimate of drug-likeness (QED) is 0.525. The van der Waals surface area contributed by atoms with Gasteiger partial charge in [0.2, 0.25) is 15.9 Å². The van der Waals surface area contributed by atoms with E-state index in [0.29, 0.717) is 13.0 Å². The van der Waals surface area contributed by atoms with E-state index in [1.54, 1.807) is 4.90 Å². The van der Waals surface area contributed by atoms with Crippen molar-refractivity contribution in [1.82, 2.24) is 9.62 Å². The lowest BCUT2D eigenvalue weighted by atomic mass is 9.73. The Morgan fingerprint density at radius 1 is 1.17 bits per heavy atom. The molecule has 2 aliphatic heterocycles. The number of likely N-dealkylation sites (tertiary alicyclic amines) is 1. The number of rotatable bonds is 6. The first-order chi connectivity index (χ1) is 17.0. The first-order valence-corrected chi connectivity index (χ1v) is 15.8. The van der Waals surface area contributed by atoms with Gasteiger partial charge in [-0.25, -0.2) is 13.1 Å². The van der Waals surface area contributed by atoms with Crippen molar-refractivity contribution in [3.05, 3.63) is 46.8 Å². The van der Waals surface area contributed by atoms with Gasteiger partial charge in [-0.1, -0.05) is 43.2 Å². The summed E-state index contributed by atoms with van der Waals surface area (Å²) in [5.74, 6) is -2.65. The second-order valence-electron chi connectivity index (χ2n) is 9.33. The lowest BCUT2D eigenvalue weighted by Crippen LogP contribution is -2.60. The number of carbonyl (C=O) groups is 2. The summed E-state index contributed by atoms with van der Waals surface area (Å²) >= 11 is 1.06. The van der Waals surface area contributed by atoms with Crippen LogP contribution in [0.25, 0.3) is 0 Å². The maximum Gasteiger partial charge on any atom is 0.287 e.